The highest BCUT2D eigenvalue weighted by molar-refractivity contribution is 7.89. The summed E-state index contributed by atoms with van der Waals surface area (Å²) in [6.45, 7) is 0.293. The third-order valence-electron chi connectivity index (χ3n) is 4.60. The Bertz CT molecular complexity index is 656. The van der Waals surface area contributed by atoms with E-state index in [9.17, 15) is 13.2 Å². The number of halogens is 1. The van der Waals surface area contributed by atoms with Crippen LogP contribution in [0.1, 0.15) is 42.5 Å². The van der Waals surface area contributed by atoms with Gasteiger partial charge in [-0.05, 0) is 43.0 Å². The molecule has 0 spiro atoms. The molecule has 1 saturated carbocycles. The zero-order valence-corrected chi connectivity index (χ0v) is 16.4. The number of rotatable bonds is 6. The average Bonchev–Trinajstić information content (AvgIpc) is 2.59. The monoisotopic (exact) mass is 389 g/mol. The van der Waals surface area contributed by atoms with Gasteiger partial charge in [-0.3, -0.25) is 4.79 Å². The van der Waals surface area contributed by atoms with Gasteiger partial charge in [-0.15, -0.1) is 12.4 Å². The number of hydrogen-bond donors (Lipinski definition) is 2. The second-order valence-corrected chi connectivity index (χ2v) is 8.30. The largest absolute Gasteiger partial charge is 0.345 e. The third-order valence-corrected chi connectivity index (χ3v) is 6.10. The van der Waals surface area contributed by atoms with E-state index in [1.54, 1.807) is 14.1 Å². The lowest BCUT2D eigenvalue weighted by Crippen LogP contribution is -2.45. The number of nitrogens with one attached hydrogen (secondary N) is 1. The van der Waals surface area contributed by atoms with Crippen LogP contribution in [-0.4, -0.2) is 45.9 Å². The number of nitrogens with two attached hydrogens (primary N) is 1. The predicted octanol–water partition coefficient (Wildman–Crippen LogP) is 2.00. The molecule has 2 rings (SSSR count). The summed E-state index contributed by atoms with van der Waals surface area (Å²) in [4.78, 5) is 13.5. The molecule has 0 saturated heterocycles. The topological polar surface area (TPSA) is 92.5 Å². The second kappa shape index (κ2) is 9.52. The van der Waals surface area contributed by atoms with E-state index in [-0.39, 0.29) is 29.3 Å². The van der Waals surface area contributed by atoms with Crippen LogP contribution in [-0.2, 0) is 10.0 Å². The molecule has 0 aromatic heterocycles. The maximum atomic E-state index is 12.6. The van der Waals surface area contributed by atoms with Gasteiger partial charge in [-0.25, -0.2) is 13.1 Å². The maximum Gasteiger partial charge on any atom is 0.253 e. The molecule has 8 heteroatoms. The normalized spacial score (nSPS) is 16.8. The maximum absolute atomic E-state index is 12.6. The van der Waals surface area contributed by atoms with Crippen molar-refractivity contribution in [3.63, 3.8) is 0 Å². The summed E-state index contributed by atoms with van der Waals surface area (Å²) in [6, 6.07) is 5.77. The van der Waals surface area contributed by atoms with Crippen molar-refractivity contribution in [2.45, 2.75) is 43.0 Å². The minimum atomic E-state index is -3.64. The third kappa shape index (κ3) is 5.67. The van der Waals surface area contributed by atoms with Crippen LogP contribution in [0.4, 0.5) is 0 Å². The molecule has 1 unspecified atom stereocenters. The van der Waals surface area contributed by atoms with Crippen LogP contribution in [0.25, 0.3) is 0 Å². The summed E-state index contributed by atoms with van der Waals surface area (Å²) in [5, 5.41) is 0. The van der Waals surface area contributed by atoms with Crippen molar-refractivity contribution in [1.29, 1.82) is 0 Å². The fourth-order valence-electron chi connectivity index (χ4n) is 3.18. The Morgan fingerprint density at radius 2 is 1.76 bits per heavy atom. The van der Waals surface area contributed by atoms with Crippen molar-refractivity contribution in [1.82, 2.24) is 9.62 Å². The molecule has 6 nitrogen and oxygen atoms in total. The lowest BCUT2D eigenvalue weighted by molar-refractivity contribution is 0.0827. The molecule has 0 bridgehead atoms. The molecule has 142 valence electrons. The Kier molecular flexibility index (Phi) is 8.34. The van der Waals surface area contributed by atoms with Crippen LogP contribution in [0, 0.1) is 5.92 Å². The summed E-state index contributed by atoms with van der Waals surface area (Å²) in [7, 11) is -0.324. The van der Waals surface area contributed by atoms with E-state index >= 15 is 0 Å². The van der Waals surface area contributed by atoms with Crippen molar-refractivity contribution in [3.05, 3.63) is 29.8 Å². The number of hydrogen-bond acceptors (Lipinski definition) is 4. The van der Waals surface area contributed by atoms with E-state index in [1.165, 1.54) is 35.6 Å². The van der Waals surface area contributed by atoms with Gasteiger partial charge >= 0.3 is 0 Å². The van der Waals surface area contributed by atoms with Gasteiger partial charge in [0, 0.05) is 32.2 Å². The number of amides is 1. The number of nitrogens with zero attached hydrogens (tertiary/aromatic N) is 1. The van der Waals surface area contributed by atoms with Gasteiger partial charge in [0.2, 0.25) is 10.0 Å². The van der Waals surface area contributed by atoms with E-state index < -0.39 is 10.0 Å². The Morgan fingerprint density at radius 1 is 1.20 bits per heavy atom. The Balaban J connectivity index is 0.00000312. The zero-order valence-electron chi connectivity index (χ0n) is 14.8. The van der Waals surface area contributed by atoms with E-state index in [0.717, 1.165) is 25.7 Å². The minimum Gasteiger partial charge on any atom is -0.345 e. The number of benzene rings is 1. The molecule has 3 N–H and O–H groups in total. The second-order valence-electron chi connectivity index (χ2n) is 6.59. The Labute approximate surface area is 156 Å². The van der Waals surface area contributed by atoms with E-state index in [2.05, 4.69) is 4.72 Å². The molecule has 0 aliphatic heterocycles. The van der Waals surface area contributed by atoms with E-state index in [0.29, 0.717) is 18.0 Å². The Hall–Kier alpha value is -1.15. The summed E-state index contributed by atoms with van der Waals surface area (Å²) in [5.41, 5.74) is 6.27. The van der Waals surface area contributed by atoms with Gasteiger partial charge < -0.3 is 10.6 Å². The molecular weight excluding hydrogens is 362 g/mol. The van der Waals surface area contributed by atoms with Crippen LogP contribution < -0.4 is 10.5 Å². The van der Waals surface area contributed by atoms with Crippen molar-refractivity contribution >= 4 is 28.3 Å². The van der Waals surface area contributed by atoms with Gasteiger partial charge in [0.15, 0.2) is 0 Å². The smallest absolute Gasteiger partial charge is 0.253 e. The molecule has 0 radical (unpaired) electrons. The number of carbonyl (C=O) groups is 1. The fraction of sp³-hybridized carbons (Fsp3) is 0.588. The lowest BCUT2D eigenvalue weighted by Gasteiger charge is -2.29. The molecular formula is C17H28ClN3O3S. The molecule has 1 amide bonds. The van der Waals surface area contributed by atoms with Gasteiger partial charge in [-0.1, -0.05) is 19.3 Å². The van der Waals surface area contributed by atoms with Gasteiger partial charge in [0.1, 0.15) is 0 Å². The molecule has 1 fully saturated rings. The average molecular weight is 390 g/mol. The molecule has 1 aromatic rings. The number of carbonyl (C=O) groups excluding carboxylic acids is 1. The first-order valence-electron chi connectivity index (χ1n) is 8.39. The van der Waals surface area contributed by atoms with Crippen LogP contribution in [0.5, 0.6) is 0 Å². The zero-order chi connectivity index (χ0) is 17.7. The minimum absolute atomic E-state index is 0. The fourth-order valence-corrected chi connectivity index (χ4v) is 4.49. The van der Waals surface area contributed by atoms with E-state index in [4.69, 9.17) is 5.73 Å². The number of sulfonamides is 1. The predicted molar refractivity (Wildman–Crippen MR) is 101 cm³/mol. The molecule has 1 aliphatic rings. The van der Waals surface area contributed by atoms with Crippen molar-refractivity contribution in [2.24, 2.45) is 11.7 Å². The van der Waals surface area contributed by atoms with Gasteiger partial charge in [0.25, 0.3) is 5.91 Å². The first-order chi connectivity index (χ1) is 11.3. The van der Waals surface area contributed by atoms with Crippen LogP contribution in [0.3, 0.4) is 0 Å². The van der Waals surface area contributed by atoms with E-state index in [1.807, 2.05) is 0 Å². The van der Waals surface area contributed by atoms with Crippen molar-refractivity contribution in [2.75, 3.05) is 20.6 Å². The van der Waals surface area contributed by atoms with Gasteiger partial charge in [0.05, 0.1) is 4.90 Å². The summed E-state index contributed by atoms with van der Waals surface area (Å²) in [5.74, 6) is 0.141. The summed E-state index contributed by atoms with van der Waals surface area (Å²) >= 11 is 0. The lowest BCUT2D eigenvalue weighted by atomic mass is 9.84. The Morgan fingerprint density at radius 3 is 2.24 bits per heavy atom. The molecule has 1 aliphatic carbocycles. The van der Waals surface area contributed by atoms with Crippen molar-refractivity contribution < 1.29 is 13.2 Å². The van der Waals surface area contributed by atoms with Crippen LogP contribution in [0.2, 0.25) is 0 Å². The molecule has 1 atom stereocenters. The van der Waals surface area contributed by atoms with Crippen LogP contribution in [0.15, 0.2) is 29.2 Å². The molecule has 1 aromatic carbocycles. The summed E-state index contributed by atoms with van der Waals surface area (Å²) < 4.78 is 27.9. The first kappa shape index (κ1) is 21.9. The highest BCUT2D eigenvalue weighted by Crippen LogP contribution is 2.27. The van der Waals surface area contributed by atoms with Crippen molar-refractivity contribution in [3.8, 4) is 0 Å². The SMILES string of the molecule is CN(C)C(=O)c1ccc(S(=O)(=O)NC(CN)C2CCCCC2)cc1.Cl. The molecule has 25 heavy (non-hydrogen) atoms. The quantitative estimate of drug-likeness (QED) is 0.778. The standard InChI is InChI=1S/C17H27N3O3S.ClH/c1-20(2)17(21)14-8-10-15(11-9-14)24(22,23)19-16(12-18)13-6-4-3-5-7-13;/h8-11,13,16,19H,3-7,12,18H2,1-2H3;1H. The van der Waals surface area contributed by atoms with Crippen LogP contribution >= 0.6 is 12.4 Å². The highest BCUT2D eigenvalue weighted by atomic mass is 35.5. The van der Waals surface area contributed by atoms with Gasteiger partial charge in [-0.2, -0.15) is 0 Å². The first-order valence-corrected chi connectivity index (χ1v) is 9.87. The summed E-state index contributed by atoms with van der Waals surface area (Å²) in [6.07, 6.45) is 5.50. The molecule has 0 heterocycles. The highest BCUT2D eigenvalue weighted by Gasteiger charge is 2.27.